The second-order valence-electron chi connectivity index (χ2n) is 5.79. The number of rotatable bonds is 5. The highest BCUT2D eigenvalue weighted by Crippen LogP contribution is 2.20. The van der Waals surface area contributed by atoms with Gasteiger partial charge in [-0.15, -0.1) is 11.3 Å². The number of esters is 1. The predicted molar refractivity (Wildman–Crippen MR) is 91.0 cm³/mol. The van der Waals surface area contributed by atoms with Crippen molar-refractivity contribution in [1.82, 2.24) is 10.3 Å². The number of carbonyl (C=O) groups is 2. The second kappa shape index (κ2) is 7.00. The Morgan fingerprint density at radius 2 is 2.00 bits per heavy atom. The summed E-state index contributed by atoms with van der Waals surface area (Å²) in [6.45, 7) is 9.61. The van der Waals surface area contributed by atoms with E-state index in [2.05, 4.69) is 10.3 Å². The monoisotopic (exact) mass is 334 g/mol. The topological polar surface area (TPSA) is 71.2 Å². The summed E-state index contributed by atoms with van der Waals surface area (Å²) in [6, 6.07) is 2.02. The summed E-state index contributed by atoms with van der Waals surface area (Å²) in [5.74, 6) is -0.624. The zero-order valence-electron chi connectivity index (χ0n) is 14.1. The van der Waals surface area contributed by atoms with Gasteiger partial charge in [-0.2, -0.15) is 0 Å². The van der Waals surface area contributed by atoms with Crippen molar-refractivity contribution >= 4 is 23.2 Å². The number of thiophene rings is 1. The van der Waals surface area contributed by atoms with Crippen molar-refractivity contribution in [2.45, 2.75) is 47.3 Å². The lowest BCUT2D eigenvalue weighted by Gasteiger charge is -2.08. The van der Waals surface area contributed by atoms with E-state index in [4.69, 9.17) is 4.74 Å². The van der Waals surface area contributed by atoms with Crippen molar-refractivity contribution in [2.75, 3.05) is 0 Å². The first-order valence-corrected chi connectivity index (χ1v) is 8.40. The lowest BCUT2D eigenvalue weighted by atomic mass is 10.1. The van der Waals surface area contributed by atoms with Crippen LogP contribution in [0.5, 0.6) is 0 Å². The summed E-state index contributed by atoms with van der Waals surface area (Å²) in [6.07, 6.45) is -0.199. The van der Waals surface area contributed by atoms with Crippen LogP contribution in [0.1, 0.15) is 56.4 Å². The van der Waals surface area contributed by atoms with Gasteiger partial charge in [0.05, 0.1) is 18.2 Å². The number of ether oxygens (including phenoxy) is 1. The van der Waals surface area contributed by atoms with Gasteiger partial charge in [0.2, 0.25) is 0 Å². The first-order valence-electron chi connectivity index (χ1n) is 7.52. The molecule has 0 aliphatic carbocycles. The molecule has 6 heteroatoms. The smallest absolute Gasteiger partial charge is 0.340 e. The van der Waals surface area contributed by atoms with Gasteiger partial charge in [0.1, 0.15) is 5.69 Å². The third kappa shape index (κ3) is 3.82. The molecule has 0 aliphatic heterocycles. The van der Waals surface area contributed by atoms with E-state index in [1.165, 1.54) is 0 Å². The zero-order valence-corrected chi connectivity index (χ0v) is 14.9. The fourth-order valence-corrected chi connectivity index (χ4v) is 3.24. The Balaban J connectivity index is 2.15. The van der Waals surface area contributed by atoms with Gasteiger partial charge in [-0.3, -0.25) is 4.79 Å². The van der Waals surface area contributed by atoms with E-state index < -0.39 is 5.97 Å². The molecule has 2 rings (SSSR count). The molecule has 0 fully saturated rings. The van der Waals surface area contributed by atoms with Gasteiger partial charge in [-0.25, -0.2) is 4.79 Å². The molecule has 0 bridgehead atoms. The minimum Gasteiger partial charge on any atom is -0.459 e. The molecule has 2 heterocycles. The van der Waals surface area contributed by atoms with Gasteiger partial charge in [-0.1, -0.05) is 0 Å². The molecule has 0 aromatic carbocycles. The Bertz CT molecular complexity index is 728. The minimum atomic E-state index is -0.403. The zero-order chi connectivity index (χ0) is 17.1. The van der Waals surface area contributed by atoms with Crippen molar-refractivity contribution in [1.29, 1.82) is 0 Å². The molecule has 0 saturated carbocycles. The van der Waals surface area contributed by atoms with Crippen molar-refractivity contribution in [2.24, 2.45) is 0 Å². The summed E-state index contributed by atoms with van der Waals surface area (Å²) in [5.41, 5.74) is 3.28. The van der Waals surface area contributed by atoms with Gasteiger partial charge in [0.25, 0.3) is 5.91 Å². The lowest BCUT2D eigenvalue weighted by Crippen LogP contribution is -2.24. The van der Waals surface area contributed by atoms with Crippen LogP contribution in [0.3, 0.4) is 0 Å². The third-order valence-electron chi connectivity index (χ3n) is 3.59. The standard InChI is InChI=1S/C17H22N2O3S/c1-9(2)22-17(21)14-11(4)15(19-12(14)5)16(20)18-8-13-10(3)6-7-23-13/h6-7,9,19H,8H2,1-5H3,(H,18,20). The molecule has 0 spiro atoms. The molecular formula is C17H22N2O3S. The average Bonchev–Trinajstić information content (AvgIpc) is 2.99. The first-order chi connectivity index (χ1) is 10.8. The van der Waals surface area contributed by atoms with E-state index in [0.29, 0.717) is 29.1 Å². The van der Waals surface area contributed by atoms with Gasteiger partial charge in [0.15, 0.2) is 0 Å². The fraction of sp³-hybridized carbons (Fsp3) is 0.412. The molecule has 0 atom stereocenters. The summed E-state index contributed by atoms with van der Waals surface area (Å²) in [7, 11) is 0. The molecule has 0 aliphatic rings. The number of H-pyrrole nitrogens is 1. The van der Waals surface area contributed by atoms with Crippen LogP contribution in [-0.2, 0) is 11.3 Å². The van der Waals surface area contributed by atoms with Crippen molar-refractivity contribution < 1.29 is 14.3 Å². The molecule has 23 heavy (non-hydrogen) atoms. The highest BCUT2D eigenvalue weighted by Gasteiger charge is 2.23. The van der Waals surface area contributed by atoms with Crippen LogP contribution in [0.2, 0.25) is 0 Å². The van der Waals surface area contributed by atoms with Crippen molar-refractivity contribution in [3.05, 3.63) is 44.4 Å². The fourth-order valence-electron chi connectivity index (χ4n) is 2.39. The number of nitrogens with one attached hydrogen (secondary N) is 2. The maximum atomic E-state index is 12.4. The SMILES string of the molecule is Cc1ccsc1CNC(=O)c1[nH]c(C)c(C(=O)OC(C)C)c1C. The van der Waals surface area contributed by atoms with Crippen LogP contribution in [0.15, 0.2) is 11.4 Å². The number of aromatic amines is 1. The molecule has 0 saturated heterocycles. The number of aryl methyl sites for hydroxylation is 2. The molecule has 5 nitrogen and oxygen atoms in total. The van der Waals surface area contributed by atoms with Crippen molar-refractivity contribution in [3.8, 4) is 0 Å². The number of hydrogen-bond acceptors (Lipinski definition) is 4. The van der Waals surface area contributed by atoms with Gasteiger partial charge in [-0.05, 0) is 57.2 Å². The highest BCUT2D eigenvalue weighted by atomic mass is 32.1. The average molecular weight is 334 g/mol. The van der Waals surface area contributed by atoms with Crippen LogP contribution in [0, 0.1) is 20.8 Å². The van der Waals surface area contributed by atoms with Crippen molar-refractivity contribution in [3.63, 3.8) is 0 Å². The first kappa shape index (κ1) is 17.3. The Morgan fingerprint density at radius 3 is 2.57 bits per heavy atom. The van der Waals surface area contributed by atoms with Gasteiger partial charge >= 0.3 is 5.97 Å². The van der Waals surface area contributed by atoms with E-state index in [-0.39, 0.29) is 12.0 Å². The van der Waals surface area contributed by atoms with Crippen LogP contribution < -0.4 is 5.32 Å². The number of carbonyl (C=O) groups excluding carboxylic acids is 2. The Morgan fingerprint density at radius 1 is 1.30 bits per heavy atom. The molecular weight excluding hydrogens is 312 g/mol. The third-order valence-corrected chi connectivity index (χ3v) is 4.61. The summed E-state index contributed by atoms with van der Waals surface area (Å²) in [4.78, 5) is 28.7. The van der Waals surface area contributed by atoms with Crippen LogP contribution in [0.25, 0.3) is 0 Å². The summed E-state index contributed by atoms with van der Waals surface area (Å²) in [5, 5.41) is 4.89. The molecule has 124 valence electrons. The van der Waals surface area contributed by atoms with Gasteiger partial charge < -0.3 is 15.0 Å². The second-order valence-corrected chi connectivity index (χ2v) is 6.79. The van der Waals surface area contributed by atoms with E-state index in [9.17, 15) is 9.59 Å². The van der Waals surface area contributed by atoms with E-state index in [1.807, 2.05) is 18.4 Å². The molecule has 2 aromatic rings. The summed E-state index contributed by atoms with van der Waals surface area (Å²) < 4.78 is 5.24. The highest BCUT2D eigenvalue weighted by molar-refractivity contribution is 7.10. The van der Waals surface area contributed by atoms with E-state index in [1.54, 1.807) is 39.0 Å². The van der Waals surface area contributed by atoms with Crippen LogP contribution >= 0.6 is 11.3 Å². The Kier molecular flexibility index (Phi) is 5.26. The predicted octanol–water partition coefficient (Wildman–Crippen LogP) is 3.50. The van der Waals surface area contributed by atoms with E-state index in [0.717, 1.165) is 10.4 Å². The van der Waals surface area contributed by atoms with Gasteiger partial charge in [0, 0.05) is 10.6 Å². The Labute approximate surface area is 140 Å². The van der Waals surface area contributed by atoms with Crippen LogP contribution in [0.4, 0.5) is 0 Å². The lowest BCUT2D eigenvalue weighted by molar-refractivity contribution is 0.0376. The normalized spacial score (nSPS) is 10.9. The molecule has 1 amide bonds. The quantitative estimate of drug-likeness (QED) is 0.822. The number of hydrogen-bond donors (Lipinski definition) is 2. The minimum absolute atomic E-state index is 0.199. The van der Waals surface area contributed by atoms with Crippen LogP contribution in [-0.4, -0.2) is 23.0 Å². The molecule has 2 N–H and O–H groups in total. The molecule has 2 aromatic heterocycles. The molecule has 0 radical (unpaired) electrons. The summed E-state index contributed by atoms with van der Waals surface area (Å²) >= 11 is 1.61. The maximum Gasteiger partial charge on any atom is 0.340 e. The molecule has 0 unspecified atom stereocenters. The maximum absolute atomic E-state index is 12.4. The van der Waals surface area contributed by atoms with E-state index >= 15 is 0 Å². The largest absolute Gasteiger partial charge is 0.459 e. The number of aromatic nitrogens is 1. The Hall–Kier alpha value is -2.08. The number of amides is 1.